The van der Waals surface area contributed by atoms with Crippen molar-refractivity contribution in [1.82, 2.24) is 10.3 Å². The predicted molar refractivity (Wildman–Crippen MR) is 67.1 cm³/mol. The number of rotatable bonds is 6. The maximum Gasteiger partial charge on any atom is 0.573 e. The smallest absolute Gasteiger partial charge is 0.417 e. The lowest BCUT2D eigenvalue weighted by atomic mass is 10.3. The van der Waals surface area contributed by atoms with Gasteiger partial charge in [-0.25, -0.2) is 0 Å². The summed E-state index contributed by atoms with van der Waals surface area (Å²) in [5, 5.41) is 3.03. The number of alkyl halides is 3. The highest BCUT2D eigenvalue weighted by molar-refractivity contribution is 5.40. The van der Waals surface area contributed by atoms with E-state index >= 15 is 0 Å². The van der Waals surface area contributed by atoms with Gasteiger partial charge in [0, 0.05) is 6.54 Å². The first-order valence-electron chi connectivity index (χ1n) is 6.15. The Hall–Kier alpha value is -2.22. The van der Waals surface area contributed by atoms with Gasteiger partial charge in [0.25, 0.3) is 0 Å². The van der Waals surface area contributed by atoms with Crippen LogP contribution in [0.1, 0.15) is 12.6 Å². The zero-order chi connectivity index (χ0) is 15.3. The molecule has 0 aliphatic carbocycles. The molecule has 0 spiro atoms. The van der Waals surface area contributed by atoms with Gasteiger partial charge in [-0.15, -0.1) is 13.2 Å². The van der Waals surface area contributed by atoms with Gasteiger partial charge in [-0.05, 0) is 18.7 Å². The van der Waals surface area contributed by atoms with Crippen LogP contribution in [0.2, 0.25) is 0 Å². The molecule has 0 aliphatic heterocycles. The summed E-state index contributed by atoms with van der Waals surface area (Å²) in [6, 6.07) is 5.39. The van der Waals surface area contributed by atoms with Crippen molar-refractivity contribution in [2.45, 2.75) is 19.8 Å². The second-order valence-corrected chi connectivity index (χ2v) is 3.98. The average Bonchev–Trinajstić information content (AvgIpc) is 2.85. The molecule has 1 heterocycles. The Labute approximate surface area is 118 Å². The van der Waals surface area contributed by atoms with Gasteiger partial charge in [0.1, 0.15) is 6.26 Å². The number of benzene rings is 1. The van der Waals surface area contributed by atoms with Crippen LogP contribution in [0.15, 0.2) is 34.9 Å². The van der Waals surface area contributed by atoms with Crippen molar-refractivity contribution in [3.63, 3.8) is 0 Å². The summed E-state index contributed by atoms with van der Waals surface area (Å²) in [6.45, 7) is 3.16. The number of hydrogen-bond acceptors (Lipinski definition) is 5. The van der Waals surface area contributed by atoms with Crippen molar-refractivity contribution < 1.29 is 27.1 Å². The zero-order valence-corrected chi connectivity index (χ0v) is 11.1. The minimum atomic E-state index is -4.80. The summed E-state index contributed by atoms with van der Waals surface area (Å²) >= 11 is 0. The van der Waals surface area contributed by atoms with Crippen molar-refractivity contribution in [3.05, 3.63) is 36.2 Å². The van der Waals surface area contributed by atoms with Crippen LogP contribution in [0, 0.1) is 0 Å². The highest BCUT2D eigenvalue weighted by Crippen LogP contribution is 2.34. The fourth-order valence-corrected chi connectivity index (χ4v) is 1.51. The molecule has 0 unspecified atom stereocenters. The number of nitrogens with one attached hydrogen (secondary N) is 1. The Balaban J connectivity index is 2.10. The van der Waals surface area contributed by atoms with Gasteiger partial charge >= 0.3 is 12.4 Å². The number of ether oxygens (including phenoxy) is 2. The first-order valence-corrected chi connectivity index (χ1v) is 6.15. The fourth-order valence-electron chi connectivity index (χ4n) is 1.51. The van der Waals surface area contributed by atoms with Gasteiger partial charge in [-0.2, -0.15) is 4.98 Å². The summed E-state index contributed by atoms with van der Waals surface area (Å²) in [4.78, 5) is 3.99. The van der Waals surface area contributed by atoms with Gasteiger partial charge in [0.2, 0.25) is 0 Å². The average molecular weight is 302 g/mol. The molecule has 0 saturated heterocycles. The number of hydrogen-bond donors (Lipinski definition) is 1. The van der Waals surface area contributed by atoms with E-state index in [0.717, 1.165) is 12.6 Å². The largest absolute Gasteiger partial charge is 0.573 e. The summed E-state index contributed by atoms with van der Waals surface area (Å²) in [7, 11) is 0. The summed E-state index contributed by atoms with van der Waals surface area (Å²) in [5.41, 5.74) is 0.584. The van der Waals surface area contributed by atoms with E-state index in [-0.39, 0.29) is 11.8 Å². The predicted octanol–water partition coefficient (Wildman–Crippen LogP) is 3.48. The second kappa shape index (κ2) is 6.49. The second-order valence-electron chi connectivity index (χ2n) is 3.98. The molecule has 1 aromatic carbocycles. The molecule has 1 N–H and O–H groups in total. The molecule has 0 saturated carbocycles. The lowest BCUT2D eigenvalue weighted by molar-refractivity contribution is -0.275. The van der Waals surface area contributed by atoms with Crippen molar-refractivity contribution in [3.8, 4) is 17.6 Å². The molecule has 0 aliphatic rings. The Kier molecular flexibility index (Phi) is 4.69. The molecule has 0 fully saturated rings. The molecular weight excluding hydrogens is 289 g/mol. The van der Waals surface area contributed by atoms with Crippen LogP contribution < -0.4 is 14.8 Å². The maximum absolute atomic E-state index is 12.3. The summed E-state index contributed by atoms with van der Waals surface area (Å²) in [6.07, 6.45) is -3.58. The lowest BCUT2D eigenvalue weighted by Crippen LogP contribution is -2.17. The highest BCUT2D eigenvalue weighted by atomic mass is 19.4. The monoisotopic (exact) mass is 302 g/mol. The Morgan fingerprint density at radius 2 is 1.95 bits per heavy atom. The van der Waals surface area contributed by atoms with Crippen molar-refractivity contribution in [2.24, 2.45) is 0 Å². The number of halogens is 3. The van der Waals surface area contributed by atoms with Gasteiger partial charge < -0.3 is 19.2 Å². The molecule has 5 nitrogen and oxygen atoms in total. The molecule has 1 aromatic heterocycles. The molecule has 8 heteroatoms. The van der Waals surface area contributed by atoms with Gasteiger partial charge in [-0.1, -0.05) is 19.1 Å². The third-order valence-corrected chi connectivity index (χ3v) is 2.36. The van der Waals surface area contributed by atoms with Gasteiger partial charge in [0.15, 0.2) is 11.5 Å². The topological polar surface area (TPSA) is 56.5 Å². The Bertz CT molecular complexity index is 584. The standard InChI is InChI=1S/C13H13F3N2O3/c1-2-17-7-9-8-19-12(18-9)20-10-5-3-4-6-11(10)21-13(14,15)16/h3-6,8,17H,2,7H2,1H3. The van der Waals surface area contributed by atoms with Crippen molar-refractivity contribution in [2.75, 3.05) is 6.54 Å². The van der Waals surface area contributed by atoms with Crippen LogP contribution in [0.3, 0.4) is 0 Å². The number of para-hydroxylation sites is 2. The first-order chi connectivity index (χ1) is 9.98. The minimum Gasteiger partial charge on any atom is -0.417 e. The molecule has 0 bridgehead atoms. The van der Waals surface area contributed by atoms with E-state index < -0.39 is 12.1 Å². The van der Waals surface area contributed by atoms with Crippen LogP contribution in [0.4, 0.5) is 13.2 Å². The molecule has 0 amide bonds. The van der Waals surface area contributed by atoms with Crippen LogP contribution in [-0.4, -0.2) is 17.9 Å². The van der Waals surface area contributed by atoms with Crippen molar-refractivity contribution in [1.29, 1.82) is 0 Å². The van der Waals surface area contributed by atoms with E-state index in [0.29, 0.717) is 12.2 Å². The third kappa shape index (κ3) is 4.67. The number of nitrogens with zero attached hydrogens (tertiary/aromatic N) is 1. The Morgan fingerprint density at radius 1 is 1.24 bits per heavy atom. The summed E-state index contributed by atoms with van der Waals surface area (Å²) in [5.74, 6) is -0.594. The van der Waals surface area contributed by atoms with E-state index in [9.17, 15) is 13.2 Å². The van der Waals surface area contributed by atoms with E-state index in [1.807, 2.05) is 6.92 Å². The van der Waals surface area contributed by atoms with E-state index in [4.69, 9.17) is 9.15 Å². The number of aromatic nitrogens is 1. The molecule has 0 atom stereocenters. The third-order valence-electron chi connectivity index (χ3n) is 2.36. The van der Waals surface area contributed by atoms with Gasteiger partial charge in [-0.3, -0.25) is 0 Å². The van der Waals surface area contributed by atoms with Crippen LogP contribution in [0.5, 0.6) is 17.6 Å². The molecule has 21 heavy (non-hydrogen) atoms. The van der Waals surface area contributed by atoms with Crippen LogP contribution in [0.25, 0.3) is 0 Å². The molecule has 0 radical (unpaired) electrons. The van der Waals surface area contributed by atoms with Crippen LogP contribution in [-0.2, 0) is 6.54 Å². The molecular formula is C13H13F3N2O3. The fraction of sp³-hybridized carbons (Fsp3) is 0.308. The maximum atomic E-state index is 12.3. The zero-order valence-electron chi connectivity index (χ0n) is 11.1. The van der Waals surface area contributed by atoms with Crippen molar-refractivity contribution >= 4 is 0 Å². The molecule has 2 aromatic rings. The van der Waals surface area contributed by atoms with E-state index in [2.05, 4.69) is 15.0 Å². The van der Waals surface area contributed by atoms with E-state index in [1.165, 1.54) is 24.5 Å². The minimum absolute atomic E-state index is 0.133. The van der Waals surface area contributed by atoms with Gasteiger partial charge in [0.05, 0.1) is 5.69 Å². The number of oxazole rings is 1. The Morgan fingerprint density at radius 3 is 2.62 bits per heavy atom. The normalized spacial score (nSPS) is 11.4. The molecule has 2 rings (SSSR count). The first kappa shape index (κ1) is 15.2. The van der Waals surface area contributed by atoms with E-state index in [1.54, 1.807) is 0 Å². The highest BCUT2D eigenvalue weighted by Gasteiger charge is 2.32. The SMILES string of the molecule is CCNCc1coc(Oc2ccccc2OC(F)(F)F)n1. The quantitative estimate of drug-likeness (QED) is 0.885. The molecule has 114 valence electrons. The van der Waals surface area contributed by atoms with Crippen LogP contribution >= 0.6 is 0 Å². The lowest BCUT2D eigenvalue weighted by Gasteiger charge is -2.11. The summed E-state index contributed by atoms with van der Waals surface area (Å²) < 4.78 is 50.9.